The van der Waals surface area contributed by atoms with E-state index < -0.39 is 29.6 Å². The minimum Gasteiger partial charge on any atom is -0.296 e. The molecule has 7 N–H and O–H groups in total. The molecule has 0 bridgehead atoms. The van der Waals surface area contributed by atoms with Crippen molar-refractivity contribution in [2.75, 3.05) is 12.3 Å². The first-order chi connectivity index (χ1) is 6.10. The maximum absolute atomic E-state index is 10.3. The zero-order valence-electron chi connectivity index (χ0n) is 6.91. The Hall–Kier alpha value is -0.670. The van der Waals surface area contributed by atoms with E-state index in [2.05, 4.69) is 4.99 Å². The van der Waals surface area contributed by atoms with E-state index in [9.17, 15) is 13.0 Å². The molecular formula is C3H11N3O6PS+. The number of guanidine groups is 1. The summed E-state index contributed by atoms with van der Waals surface area (Å²) in [5.41, 5.74) is 5.01. The number of nitrogens with two attached hydrogens (primary N) is 1. The molecule has 0 aliphatic carbocycles. The Bertz CT molecular complexity index is 357. The van der Waals surface area contributed by atoms with Crippen LogP contribution in [0.1, 0.15) is 0 Å². The minimum absolute atomic E-state index is 0.266. The molecule has 14 heavy (non-hydrogen) atoms. The Morgan fingerprint density at radius 2 is 2.00 bits per heavy atom. The topological polar surface area (TPSA) is 164 Å². The third-order valence-corrected chi connectivity index (χ3v) is 2.19. The first-order valence-corrected chi connectivity index (χ1v) is 6.47. The minimum atomic E-state index is -4.49. The average molecular weight is 248 g/mol. The largest absolute Gasteiger partial charge is 0.489 e. The first kappa shape index (κ1) is 13.3. The molecule has 0 heterocycles. The lowest BCUT2D eigenvalue weighted by Gasteiger charge is -1.99. The summed E-state index contributed by atoms with van der Waals surface area (Å²) in [5, 5.41) is 1.58. The third kappa shape index (κ3) is 9.42. The Balaban J connectivity index is 4.09. The van der Waals surface area contributed by atoms with E-state index in [1.165, 1.54) is 0 Å². The number of nitrogens with one attached hydrogen (secondary N) is 2. The van der Waals surface area contributed by atoms with Gasteiger partial charge in [0.1, 0.15) is 5.75 Å². The van der Waals surface area contributed by atoms with Gasteiger partial charge in [0, 0.05) is 0 Å². The summed E-state index contributed by atoms with van der Waals surface area (Å²) >= 11 is 0. The van der Waals surface area contributed by atoms with Crippen LogP contribution < -0.4 is 15.8 Å². The van der Waals surface area contributed by atoms with Gasteiger partial charge in [-0.3, -0.25) is 25.1 Å². The fraction of sp³-hybridized carbons (Fsp3) is 0.667. The highest BCUT2D eigenvalue weighted by Gasteiger charge is 2.19. The van der Waals surface area contributed by atoms with Crippen molar-refractivity contribution in [3.8, 4) is 0 Å². The van der Waals surface area contributed by atoms with Crippen LogP contribution in [0.3, 0.4) is 0 Å². The average Bonchev–Trinajstić information content (AvgIpc) is 1.78. The molecule has 0 aromatic rings. The summed E-state index contributed by atoms with van der Waals surface area (Å²) in [7, 11) is -8.61. The van der Waals surface area contributed by atoms with Crippen molar-refractivity contribution in [2.45, 2.75) is 0 Å². The molecule has 11 heteroatoms. The summed E-state index contributed by atoms with van der Waals surface area (Å²) in [6, 6.07) is 0. The van der Waals surface area contributed by atoms with Crippen molar-refractivity contribution in [1.82, 2.24) is 5.09 Å². The van der Waals surface area contributed by atoms with Crippen LogP contribution in [0.5, 0.6) is 0 Å². The summed E-state index contributed by atoms with van der Waals surface area (Å²) in [5.74, 6) is -1.08. The van der Waals surface area contributed by atoms with Crippen LogP contribution in [0.4, 0.5) is 0 Å². The van der Waals surface area contributed by atoms with Crippen molar-refractivity contribution in [3.63, 3.8) is 0 Å². The van der Waals surface area contributed by atoms with Gasteiger partial charge in [0.15, 0.2) is 0 Å². The van der Waals surface area contributed by atoms with E-state index >= 15 is 0 Å². The van der Waals surface area contributed by atoms with Crippen LogP contribution >= 0.6 is 7.75 Å². The molecule has 0 fully saturated rings. The molecule has 0 aromatic heterocycles. The van der Waals surface area contributed by atoms with Gasteiger partial charge < -0.3 is 0 Å². The van der Waals surface area contributed by atoms with Gasteiger partial charge in [0.25, 0.3) is 10.1 Å². The quantitative estimate of drug-likeness (QED) is 0.127. The molecule has 0 amide bonds. The Kier molecular flexibility index (Phi) is 4.49. The normalized spacial score (nSPS) is 14.1. The fourth-order valence-corrected chi connectivity index (χ4v) is 1.26. The third-order valence-electron chi connectivity index (χ3n) is 0.942. The van der Waals surface area contributed by atoms with Gasteiger partial charge in [-0.1, -0.05) is 0 Å². The van der Waals surface area contributed by atoms with Crippen molar-refractivity contribution in [2.24, 2.45) is 5.73 Å². The Morgan fingerprint density at radius 1 is 1.50 bits per heavy atom. The maximum atomic E-state index is 10.3. The molecule has 0 unspecified atom stereocenters. The molecule has 0 radical (unpaired) electrons. The van der Waals surface area contributed by atoms with Crippen LogP contribution in [-0.2, 0) is 14.7 Å². The summed E-state index contributed by atoms with van der Waals surface area (Å²) in [6.45, 7) is -0.266. The van der Waals surface area contributed by atoms with E-state index in [-0.39, 0.29) is 6.54 Å². The Morgan fingerprint density at radius 3 is 2.36 bits per heavy atom. The van der Waals surface area contributed by atoms with Crippen LogP contribution in [0.25, 0.3) is 0 Å². The molecule has 0 rings (SSSR count). The summed E-state index contributed by atoms with van der Waals surface area (Å²) < 4.78 is 38.9. The monoisotopic (exact) mass is 248 g/mol. The molecule has 0 spiro atoms. The molecule has 0 atom stereocenters. The molecule has 84 valence electrons. The second-order valence-electron chi connectivity index (χ2n) is 2.28. The lowest BCUT2D eigenvalue weighted by Crippen LogP contribution is -2.79. The smallest absolute Gasteiger partial charge is 0.296 e. The van der Waals surface area contributed by atoms with Gasteiger partial charge in [-0.25, -0.2) is 4.57 Å². The van der Waals surface area contributed by atoms with E-state index in [1.54, 1.807) is 5.09 Å². The highest BCUT2D eigenvalue weighted by Crippen LogP contribution is 2.26. The van der Waals surface area contributed by atoms with Crippen molar-refractivity contribution in [1.29, 1.82) is 0 Å². The van der Waals surface area contributed by atoms with Gasteiger partial charge >= 0.3 is 13.7 Å². The van der Waals surface area contributed by atoms with Gasteiger partial charge in [0.05, 0.1) is 6.54 Å². The zero-order chi connectivity index (χ0) is 11.4. The molecular weight excluding hydrogens is 237 g/mol. The molecule has 0 aliphatic rings. The lowest BCUT2D eigenvalue weighted by atomic mass is 10.8. The first-order valence-electron chi connectivity index (χ1n) is 3.25. The van der Waals surface area contributed by atoms with Crippen molar-refractivity contribution >= 4 is 23.8 Å². The number of rotatable bonds is 4. The van der Waals surface area contributed by atoms with Crippen molar-refractivity contribution < 1.29 is 32.3 Å². The second-order valence-corrected chi connectivity index (χ2v) is 5.17. The molecule has 0 saturated heterocycles. The van der Waals surface area contributed by atoms with E-state index in [0.717, 1.165) is 0 Å². The zero-order valence-corrected chi connectivity index (χ0v) is 8.62. The van der Waals surface area contributed by atoms with Crippen molar-refractivity contribution in [3.05, 3.63) is 0 Å². The standard InChI is InChI=1S/C3H10N3O6PS/c4-3(6-13(7,8)9)5-1-2-14(10,11)12/h1-2H2,(H,10,11,12)(H5,4,5,6,7,8,9)/p+1. The van der Waals surface area contributed by atoms with Crippen LogP contribution in [0.2, 0.25) is 0 Å². The van der Waals surface area contributed by atoms with Crippen LogP contribution in [0.15, 0.2) is 0 Å². The fourth-order valence-electron chi connectivity index (χ4n) is 0.511. The Labute approximate surface area is 80.0 Å². The summed E-state index contributed by atoms with van der Waals surface area (Å²) in [4.78, 5) is 18.8. The van der Waals surface area contributed by atoms with Crippen LogP contribution in [0, 0.1) is 0 Å². The van der Waals surface area contributed by atoms with Gasteiger partial charge in [-0.2, -0.15) is 13.5 Å². The highest BCUT2D eigenvalue weighted by atomic mass is 32.2. The lowest BCUT2D eigenvalue weighted by molar-refractivity contribution is -0.454. The van der Waals surface area contributed by atoms with Gasteiger partial charge in [-0.05, 0) is 0 Å². The van der Waals surface area contributed by atoms with E-state index in [0.29, 0.717) is 0 Å². The van der Waals surface area contributed by atoms with E-state index in [1.807, 2.05) is 0 Å². The number of hydrogen-bond donors (Lipinski definition) is 6. The predicted octanol–water partition coefficient (Wildman–Crippen LogP) is -4.05. The second kappa shape index (κ2) is 4.71. The SMILES string of the molecule is NC(NP(=O)(O)O)=[NH+]CCS(=O)(=O)O. The van der Waals surface area contributed by atoms with E-state index in [4.69, 9.17) is 20.1 Å². The number of hydrogen-bond acceptors (Lipinski definition) is 3. The molecule has 0 saturated carbocycles. The molecule has 0 aliphatic heterocycles. The van der Waals surface area contributed by atoms with Gasteiger partial charge in [-0.15, -0.1) is 0 Å². The predicted molar refractivity (Wildman–Crippen MR) is 46.6 cm³/mol. The summed E-state index contributed by atoms with van der Waals surface area (Å²) in [6.07, 6.45) is 0. The van der Waals surface area contributed by atoms with Gasteiger partial charge in [0.2, 0.25) is 0 Å². The molecule has 9 nitrogen and oxygen atoms in total. The highest BCUT2D eigenvalue weighted by molar-refractivity contribution is 7.85. The molecule has 0 aromatic carbocycles. The van der Waals surface area contributed by atoms with Crippen LogP contribution in [-0.4, -0.2) is 41.0 Å². The maximum Gasteiger partial charge on any atom is 0.489 e.